The van der Waals surface area contributed by atoms with Crippen molar-refractivity contribution >= 4 is 16.0 Å². The summed E-state index contributed by atoms with van der Waals surface area (Å²) in [6.45, 7) is 2.36. The number of aromatic nitrogens is 1. The van der Waals surface area contributed by atoms with Gasteiger partial charge in [-0.05, 0) is 43.0 Å². The van der Waals surface area contributed by atoms with Gasteiger partial charge in [-0.3, -0.25) is 0 Å². The first kappa shape index (κ1) is 26.3. The van der Waals surface area contributed by atoms with Crippen LogP contribution in [0.1, 0.15) is 41.4 Å². The Morgan fingerprint density at radius 2 is 1.79 bits per heavy atom. The van der Waals surface area contributed by atoms with Crippen LogP contribution in [0.15, 0.2) is 65.7 Å². The Morgan fingerprint density at radius 3 is 2.42 bits per heavy atom. The maximum Gasteiger partial charge on any atom is 0.358 e. The van der Waals surface area contributed by atoms with Crippen molar-refractivity contribution in [1.29, 1.82) is 0 Å². The van der Waals surface area contributed by atoms with Gasteiger partial charge in [-0.1, -0.05) is 42.5 Å². The smallest absolute Gasteiger partial charge is 0.358 e. The summed E-state index contributed by atoms with van der Waals surface area (Å²) >= 11 is 0. The molecule has 0 unspecified atom stereocenters. The molecule has 0 saturated heterocycles. The molecule has 0 N–H and O–H groups in total. The number of benzene rings is 2. The lowest BCUT2D eigenvalue weighted by Gasteiger charge is -2.34. The highest BCUT2D eigenvalue weighted by Crippen LogP contribution is 2.49. The number of carbonyl (C=O) groups is 1. The highest BCUT2D eigenvalue weighted by molar-refractivity contribution is 7.89. The Labute approximate surface area is 222 Å². The molecule has 9 nitrogen and oxygen atoms in total. The van der Waals surface area contributed by atoms with Crippen LogP contribution in [-0.4, -0.2) is 55.2 Å². The third-order valence-corrected chi connectivity index (χ3v) is 8.96. The summed E-state index contributed by atoms with van der Waals surface area (Å²) in [6.07, 6.45) is 2.82. The first-order valence-corrected chi connectivity index (χ1v) is 14.0. The van der Waals surface area contributed by atoms with Gasteiger partial charge < -0.3 is 23.5 Å². The molecule has 2 heterocycles. The summed E-state index contributed by atoms with van der Waals surface area (Å²) < 4.78 is 54.5. The molecule has 38 heavy (non-hydrogen) atoms. The van der Waals surface area contributed by atoms with Crippen LogP contribution < -0.4 is 9.47 Å². The van der Waals surface area contributed by atoms with Crippen molar-refractivity contribution in [3.8, 4) is 11.5 Å². The number of rotatable bonds is 9. The van der Waals surface area contributed by atoms with Gasteiger partial charge in [-0.2, -0.15) is 4.31 Å². The van der Waals surface area contributed by atoms with E-state index < -0.39 is 27.6 Å². The lowest BCUT2D eigenvalue weighted by atomic mass is 10.1. The van der Waals surface area contributed by atoms with E-state index in [4.69, 9.17) is 18.9 Å². The zero-order valence-electron chi connectivity index (χ0n) is 21.8. The fourth-order valence-corrected chi connectivity index (χ4v) is 6.73. The van der Waals surface area contributed by atoms with E-state index in [2.05, 4.69) is 0 Å². The van der Waals surface area contributed by atoms with Gasteiger partial charge in [-0.25, -0.2) is 13.2 Å². The first-order chi connectivity index (χ1) is 18.3. The molecule has 202 valence electrons. The molecule has 1 aliphatic heterocycles. The van der Waals surface area contributed by atoms with E-state index in [9.17, 15) is 13.2 Å². The van der Waals surface area contributed by atoms with Gasteiger partial charge in [0.1, 0.15) is 17.3 Å². The van der Waals surface area contributed by atoms with Crippen molar-refractivity contribution < 1.29 is 32.2 Å². The number of aryl methyl sites for hydroxylation is 1. The Bertz CT molecular complexity index is 1400. The summed E-state index contributed by atoms with van der Waals surface area (Å²) in [5.41, 5.74) is 1.17. The Hall–Kier alpha value is -3.34. The summed E-state index contributed by atoms with van der Waals surface area (Å²) in [4.78, 5) is 12.7. The largest absolute Gasteiger partial charge is 0.497 e. The van der Waals surface area contributed by atoms with Crippen molar-refractivity contribution in [1.82, 2.24) is 8.87 Å². The molecular weight excluding hydrogens is 508 g/mol. The maximum atomic E-state index is 14.3. The second-order valence-electron chi connectivity index (χ2n) is 9.57. The molecule has 10 heteroatoms. The number of fused-ring (bicyclic) bond motifs is 1. The van der Waals surface area contributed by atoms with Crippen molar-refractivity contribution in [2.24, 2.45) is 7.05 Å². The minimum atomic E-state index is -4.09. The second kappa shape index (κ2) is 10.4. The third kappa shape index (κ3) is 4.91. The molecule has 5 rings (SSSR count). The van der Waals surface area contributed by atoms with E-state index in [0.29, 0.717) is 25.2 Å². The van der Waals surface area contributed by atoms with E-state index in [1.165, 1.54) is 15.1 Å². The Kier molecular flexibility index (Phi) is 7.21. The van der Waals surface area contributed by atoms with Crippen LogP contribution in [0.2, 0.25) is 0 Å². The summed E-state index contributed by atoms with van der Waals surface area (Å²) in [6, 6.07) is 16.5. The number of methoxy groups -OCH3 is 1. The zero-order valence-corrected chi connectivity index (χ0v) is 22.6. The van der Waals surface area contributed by atoms with Gasteiger partial charge in [0.25, 0.3) is 0 Å². The van der Waals surface area contributed by atoms with Crippen LogP contribution in [0.25, 0.3) is 0 Å². The van der Waals surface area contributed by atoms with Gasteiger partial charge in [0.2, 0.25) is 10.0 Å². The lowest BCUT2D eigenvalue weighted by Crippen LogP contribution is -2.50. The van der Waals surface area contributed by atoms with Crippen molar-refractivity contribution in [2.45, 2.75) is 49.5 Å². The van der Waals surface area contributed by atoms with Crippen LogP contribution in [0.4, 0.5) is 0 Å². The quantitative estimate of drug-likeness (QED) is 0.380. The number of esters is 1. The predicted octanol–water partition coefficient (Wildman–Crippen LogP) is 3.91. The van der Waals surface area contributed by atoms with Crippen molar-refractivity contribution in [3.63, 3.8) is 0 Å². The monoisotopic (exact) mass is 540 g/mol. The molecule has 1 atom stereocenters. The molecule has 0 amide bonds. The van der Waals surface area contributed by atoms with Gasteiger partial charge in [0, 0.05) is 19.8 Å². The number of nitrogens with zero attached hydrogens (tertiary/aromatic N) is 2. The highest BCUT2D eigenvalue weighted by atomic mass is 32.2. The minimum Gasteiger partial charge on any atom is -0.497 e. The average molecular weight is 541 g/mol. The Balaban J connectivity index is 1.54. The average Bonchev–Trinajstić information content (AvgIpc) is 3.64. The third-order valence-electron chi connectivity index (χ3n) is 7.11. The second-order valence-corrected chi connectivity index (χ2v) is 11.4. The first-order valence-electron chi connectivity index (χ1n) is 12.6. The number of sulfonamides is 1. The SMILES string of the molecule is CCOC(=O)c1c2c(cn1C)S(=O)(=O)N(Cc1ccc(OC)cc1)[C@H](C1(OCc3ccccc3)CC1)CO2. The molecular formula is C28H32N2O7S. The molecule has 1 saturated carbocycles. The summed E-state index contributed by atoms with van der Waals surface area (Å²) in [7, 11) is -0.899. The van der Waals surface area contributed by atoms with E-state index >= 15 is 0 Å². The molecule has 0 radical (unpaired) electrons. The highest BCUT2D eigenvalue weighted by Gasteiger charge is 2.57. The van der Waals surface area contributed by atoms with Gasteiger partial charge in [0.15, 0.2) is 11.4 Å². The van der Waals surface area contributed by atoms with E-state index in [1.54, 1.807) is 33.2 Å². The fraction of sp³-hybridized carbons (Fsp3) is 0.393. The molecule has 3 aromatic rings. The van der Waals surface area contributed by atoms with Gasteiger partial charge in [0.05, 0.1) is 32.0 Å². The van der Waals surface area contributed by atoms with Gasteiger partial charge >= 0.3 is 5.97 Å². The molecule has 0 spiro atoms. The molecule has 2 aliphatic rings. The van der Waals surface area contributed by atoms with Crippen LogP contribution in [0, 0.1) is 0 Å². The molecule has 1 aliphatic carbocycles. The number of carbonyl (C=O) groups excluding carboxylic acids is 1. The molecule has 1 aromatic heterocycles. The van der Waals surface area contributed by atoms with E-state index in [1.807, 2.05) is 42.5 Å². The molecule has 1 fully saturated rings. The maximum absolute atomic E-state index is 14.3. The van der Waals surface area contributed by atoms with E-state index in [-0.39, 0.29) is 36.1 Å². The zero-order chi connectivity index (χ0) is 26.9. The fourth-order valence-electron chi connectivity index (χ4n) is 4.89. The number of hydrogen-bond donors (Lipinski definition) is 0. The topological polar surface area (TPSA) is 96.3 Å². The summed E-state index contributed by atoms with van der Waals surface area (Å²) in [5.74, 6) is 0.0711. The standard InChI is InChI=1S/C28H32N2O7S/c1-4-35-27(31)25-26-23(17-29(25)2)38(32,33)30(16-20-10-12-22(34-3)13-11-20)24(19-36-26)28(14-15-28)37-18-21-8-6-5-7-9-21/h5-13,17,24H,4,14-16,18-19H2,1-3H3/t24-/m0/s1. The lowest BCUT2D eigenvalue weighted by molar-refractivity contribution is -0.0377. The molecule has 0 bridgehead atoms. The van der Waals surface area contributed by atoms with Crippen LogP contribution in [0.3, 0.4) is 0 Å². The van der Waals surface area contributed by atoms with Crippen LogP contribution in [-0.2, 0) is 39.7 Å². The summed E-state index contributed by atoms with van der Waals surface area (Å²) in [5, 5.41) is 0. The normalized spacial score (nSPS) is 19.6. The predicted molar refractivity (Wildman–Crippen MR) is 140 cm³/mol. The Morgan fingerprint density at radius 1 is 1.08 bits per heavy atom. The van der Waals surface area contributed by atoms with Crippen LogP contribution >= 0.6 is 0 Å². The minimum absolute atomic E-state index is 0.0204. The van der Waals surface area contributed by atoms with Crippen LogP contribution in [0.5, 0.6) is 11.5 Å². The molecule has 2 aromatic carbocycles. The number of hydrogen-bond acceptors (Lipinski definition) is 7. The van der Waals surface area contributed by atoms with E-state index in [0.717, 1.165) is 11.1 Å². The van der Waals surface area contributed by atoms with Gasteiger partial charge in [-0.15, -0.1) is 0 Å². The van der Waals surface area contributed by atoms with Crippen molar-refractivity contribution in [2.75, 3.05) is 20.3 Å². The van der Waals surface area contributed by atoms with Crippen molar-refractivity contribution in [3.05, 3.63) is 77.6 Å². The number of ether oxygens (including phenoxy) is 4.